The summed E-state index contributed by atoms with van der Waals surface area (Å²) in [6.45, 7) is 4.14. The van der Waals surface area contributed by atoms with Crippen molar-refractivity contribution in [3.63, 3.8) is 0 Å². The zero-order valence-corrected chi connectivity index (χ0v) is 18.7. The van der Waals surface area contributed by atoms with E-state index in [1.54, 1.807) is 47.4 Å². The number of carbonyl (C=O) groups is 2. The van der Waals surface area contributed by atoms with Gasteiger partial charge in [0.2, 0.25) is 0 Å². The van der Waals surface area contributed by atoms with Crippen LogP contribution in [0.15, 0.2) is 60.7 Å². The Morgan fingerprint density at radius 1 is 1.00 bits per heavy atom. The summed E-state index contributed by atoms with van der Waals surface area (Å²) in [5, 5.41) is 3.34. The van der Waals surface area contributed by atoms with Crippen molar-refractivity contribution in [2.75, 3.05) is 16.8 Å². The van der Waals surface area contributed by atoms with Crippen LogP contribution in [0.2, 0.25) is 5.02 Å². The summed E-state index contributed by atoms with van der Waals surface area (Å²) in [6, 6.07) is 17.6. The zero-order valence-electron chi connectivity index (χ0n) is 18.0. The minimum atomic E-state index is -1.15. The summed E-state index contributed by atoms with van der Waals surface area (Å²) in [5.41, 5.74) is 4.35. The van der Waals surface area contributed by atoms with Gasteiger partial charge in [-0.25, -0.2) is 4.39 Å². The Morgan fingerprint density at radius 2 is 1.78 bits per heavy atom. The van der Waals surface area contributed by atoms with E-state index in [2.05, 4.69) is 5.32 Å². The van der Waals surface area contributed by atoms with Crippen LogP contribution in [0.4, 0.5) is 15.8 Å². The van der Waals surface area contributed by atoms with Crippen molar-refractivity contribution in [2.24, 2.45) is 0 Å². The van der Waals surface area contributed by atoms with Gasteiger partial charge in [0.1, 0.15) is 6.17 Å². The van der Waals surface area contributed by atoms with Gasteiger partial charge in [0.25, 0.3) is 11.8 Å². The summed E-state index contributed by atoms with van der Waals surface area (Å²) in [6.07, 6.45) is -0.246. The predicted octanol–water partition coefficient (Wildman–Crippen LogP) is 6.66. The molecule has 0 spiro atoms. The largest absolute Gasteiger partial charge is 0.322 e. The van der Waals surface area contributed by atoms with E-state index in [0.717, 1.165) is 11.1 Å². The molecule has 0 radical (unpaired) electrons. The first-order valence-corrected chi connectivity index (χ1v) is 11.0. The number of benzene rings is 3. The number of carbonyl (C=O) groups excluding carboxylic acids is 2. The summed E-state index contributed by atoms with van der Waals surface area (Å²) in [4.78, 5) is 27.6. The molecule has 4 nitrogen and oxygen atoms in total. The molecule has 1 aliphatic heterocycles. The lowest BCUT2D eigenvalue weighted by Gasteiger charge is -2.24. The molecule has 3 aromatic rings. The highest BCUT2D eigenvalue weighted by molar-refractivity contribution is 6.30. The van der Waals surface area contributed by atoms with Gasteiger partial charge in [-0.1, -0.05) is 29.8 Å². The van der Waals surface area contributed by atoms with E-state index in [4.69, 9.17) is 11.6 Å². The highest BCUT2D eigenvalue weighted by Gasteiger charge is 2.28. The maximum absolute atomic E-state index is 14.6. The molecule has 0 fully saturated rings. The quantitative estimate of drug-likeness (QED) is 0.485. The maximum atomic E-state index is 14.6. The molecule has 0 aromatic heterocycles. The fraction of sp³-hybridized carbons (Fsp3) is 0.231. The van der Waals surface area contributed by atoms with Crippen molar-refractivity contribution >= 4 is 34.8 Å². The number of nitrogens with one attached hydrogen (secondary N) is 1. The average molecular weight is 451 g/mol. The smallest absolute Gasteiger partial charge is 0.258 e. The Bertz CT molecular complexity index is 1190. The van der Waals surface area contributed by atoms with E-state index < -0.39 is 6.17 Å². The normalized spacial score (nSPS) is 15.6. The molecule has 1 N–H and O–H groups in total. The monoisotopic (exact) mass is 450 g/mol. The molecule has 0 unspecified atom stereocenters. The first-order valence-electron chi connectivity index (χ1n) is 10.6. The van der Waals surface area contributed by atoms with E-state index in [0.29, 0.717) is 52.5 Å². The third-order valence-electron chi connectivity index (χ3n) is 5.81. The van der Waals surface area contributed by atoms with Crippen molar-refractivity contribution in [1.82, 2.24) is 0 Å². The van der Waals surface area contributed by atoms with Crippen molar-refractivity contribution in [3.05, 3.63) is 93.5 Å². The Balaban J connectivity index is 1.60. The van der Waals surface area contributed by atoms with Crippen LogP contribution in [0.25, 0.3) is 0 Å². The van der Waals surface area contributed by atoms with Gasteiger partial charge in [0.15, 0.2) is 0 Å². The van der Waals surface area contributed by atoms with Gasteiger partial charge in [-0.2, -0.15) is 0 Å². The van der Waals surface area contributed by atoms with E-state index in [9.17, 15) is 14.0 Å². The molecule has 0 bridgehead atoms. The van der Waals surface area contributed by atoms with E-state index >= 15 is 0 Å². The predicted molar refractivity (Wildman–Crippen MR) is 127 cm³/mol. The first-order chi connectivity index (χ1) is 15.3. The molecule has 1 heterocycles. The number of fused-ring (bicyclic) bond motifs is 1. The number of amides is 2. The van der Waals surface area contributed by atoms with Crippen molar-refractivity contribution in [3.8, 4) is 0 Å². The summed E-state index contributed by atoms with van der Waals surface area (Å²) in [7, 11) is 0. The van der Waals surface area contributed by atoms with E-state index in [1.165, 1.54) is 0 Å². The number of anilines is 2. The summed E-state index contributed by atoms with van der Waals surface area (Å²) >= 11 is 6.07. The maximum Gasteiger partial charge on any atom is 0.258 e. The van der Waals surface area contributed by atoms with Crippen molar-refractivity contribution in [1.29, 1.82) is 0 Å². The molecular weight excluding hydrogens is 427 g/mol. The van der Waals surface area contributed by atoms with Gasteiger partial charge in [0, 0.05) is 33.9 Å². The number of hydrogen-bond donors (Lipinski definition) is 1. The van der Waals surface area contributed by atoms with E-state index in [1.807, 2.05) is 32.0 Å². The molecule has 1 atom stereocenters. The Hall–Kier alpha value is -3.18. The fourth-order valence-electron chi connectivity index (χ4n) is 4.09. The Morgan fingerprint density at radius 3 is 2.53 bits per heavy atom. The molecule has 3 aromatic carbocycles. The number of rotatable bonds is 3. The highest BCUT2D eigenvalue weighted by atomic mass is 35.5. The van der Waals surface area contributed by atoms with Crippen LogP contribution < -0.4 is 10.2 Å². The molecule has 1 aliphatic rings. The summed E-state index contributed by atoms with van der Waals surface area (Å²) < 4.78 is 14.6. The molecule has 164 valence electrons. The minimum Gasteiger partial charge on any atom is -0.322 e. The molecule has 6 heteroatoms. The second kappa shape index (κ2) is 9.13. The van der Waals surface area contributed by atoms with Crippen LogP contribution in [0.1, 0.15) is 56.4 Å². The number of halogens is 2. The van der Waals surface area contributed by atoms with Gasteiger partial charge in [-0.15, -0.1) is 0 Å². The molecule has 2 amide bonds. The second-order valence-electron chi connectivity index (χ2n) is 8.07. The topological polar surface area (TPSA) is 49.4 Å². The van der Waals surface area contributed by atoms with Gasteiger partial charge in [-0.05, 0) is 80.3 Å². The molecular formula is C26H24ClFN2O2. The van der Waals surface area contributed by atoms with Crippen LogP contribution in [0.3, 0.4) is 0 Å². The number of hydrogen-bond acceptors (Lipinski definition) is 2. The zero-order chi connectivity index (χ0) is 22.8. The highest BCUT2D eigenvalue weighted by Crippen LogP contribution is 2.37. The van der Waals surface area contributed by atoms with Crippen molar-refractivity contribution in [2.45, 2.75) is 32.9 Å². The molecule has 0 aliphatic carbocycles. The Kier molecular flexibility index (Phi) is 6.28. The average Bonchev–Trinajstić information content (AvgIpc) is 2.92. The van der Waals surface area contributed by atoms with Gasteiger partial charge in [0.05, 0.1) is 5.69 Å². The molecule has 4 rings (SSSR count). The Labute approximate surface area is 192 Å². The fourth-order valence-corrected chi connectivity index (χ4v) is 4.27. The lowest BCUT2D eigenvalue weighted by molar-refractivity contribution is 0.0985. The second-order valence-corrected chi connectivity index (χ2v) is 8.50. The molecule has 0 saturated carbocycles. The van der Waals surface area contributed by atoms with Crippen LogP contribution in [0.5, 0.6) is 0 Å². The SMILES string of the molecule is Cc1ccccc1C(=O)Nc1ccc(C(=O)N2CCC[C@H](F)c3cc(Cl)ccc32)c(C)c1. The van der Waals surface area contributed by atoms with Crippen LogP contribution >= 0.6 is 11.6 Å². The third kappa shape index (κ3) is 4.39. The van der Waals surface area contributed by atoms with Crippen LogP contribution in [-0.2, 0) is 0 Å². The first kappa shape index (κ1) is 22.0. The standard InChI is InChI=1S/C26H24ClFN2O2/c1-16-6-3-4-7-20(16)25(31)29-19-10-11-21(17(2)14-19)26(32)30-13-5-8-23(28)22-15-18(27)9-12-24(22)30/h3-4,6-7,9-12,14-15,23H,5,8,13H2,1-2H3,(H,29,31)/t23-/m0/s1. The van der Waals surface area contributed by atoms with Crippen molar-refractivity contribution < 1.29 is 14.0 Å². The van der Waals surface area contributed by atoms with E-state index in [-0.39, 0.29) is 11.8 Å². The van der Waals surface area contributed by atoms with Crippen LogP contribution in [-0.4, -0.2) is 18.4 Å². The number of nitrogens with zero attached hydrogens (tertiary/aromatic N) is 1. The number of alkyl halides is 1. The van der Waals surface area contributed by atoms with Gasteiger partial charge < -0.3 is 10.2 Å². The molecule has 32 heavy (non-hydrogen) atoms. The number of aryl methyl sites for hydroxylation is 2. The van der Waals surface area contributed by atoms with Gasteiger partial charge in [-0.3, -0.25) is 9.59 Å². The van der Waals surface area contributed by atoms with Crippen LogP contribution in [0, 0.1) is 13.8 Å². The molecule has 0 saturated heterocycles. The lowest BCUT2D eigenvalue weighted by atomic mass is 10.0. The third-order valence-corrected chi connectivity index (χ3v) is 6.04. The lowest BCUT2D eigenvalue weighted by Crippen LogP contribution is -2.32. The summed E-state index contributed by atoms with van der Waals surface area (Å²) in [5.74, 6) is -0.397. The minimum absolute atomic E-state index is 0.197. The van der Waals surface area contributed by atoms with Gasteiger partial charge >= 0.3 is 0 Å².